The molecule has 0 unspecified atom stereocenters. The highest BCUT2D eigenvalue weighted by atomic mass is 32.1. The van der Waals surface area contributed by atoms with Crippen LogP contribution in [0.4, 0.5) is 18.2 Å². The molecule has 9 nitrogen and oxygen atoms in total. The van der Waals surface area contributed by atoms with Gasteiger partial charge in [-0.05, 0) is 67.1 Å². The van der Waals surface area contributed by atoms with Gasteiger partial charge in [0.15, 0.2) is 6.73 Å². The number of benzene rings is 2. The van der Waals surface area contributed by atoms with E-state index in [9.17, 15) is 22.8 Å². The average Bonchev–Trinajstić information content (AvgIpc) is 3.40. The maximum absolute atomic E-state index is 13.6. The molecule has 1 fully saturated rings. The fourth-order valence-corrected chi connectivity index (χ4v) is 6.50. The molecule has 0 radical (unpaired) electrons. The maximum Gasteiger partial charge on any atom is 0.416 e. The molecule has 1 aromatic heterocycles. The maximum atomic E-state index is 13.6. The molecule has 0 spiro atoms. The predicted molar refractivity (Wildman–Crippen MR) is 167 cm³/mol. The number of thiophene rings is 1. The number of allylic oxidation sites excluding steroid dienone is 1. The van der Waals surface area contributed by atoms with E-state index < -0.39 is 17.6 Å². The van der Waals surface area contributed by atoms with Gasteiger partial charge in [-0.2, -0.15) is 13.2 Å². The van der Waals surface area contributed by atoms with Gasteiger partial charge in [-0.25, -0.2) is 0 Å². The van der Waals surface area contributed by atoms with Gasteiger partial charge in [0, 0.05) is 36.3 Å². The Morgan fingerprint density at radius 2 is 1.84 bits per heavy atom. The summed E-state index contributed by atoms with van der Waals surface area (Å²) in [6, 6.07) is 11.9. The van der Waals surface area contributed by atoms with Crippen molar-refractivity contribution in [2.24, 2.45) is 10.7 Å². The van der Waals surface area contributed by atoms with E-state index in [4.69, 9.17) is 15.2 Å². The smallest absolute Gasteiger partial charge is 0.416 e. The van der Waals surface area contributed by atoms with E-state index in [-0.39, 0.29) is 24.1 Å². The van der Waals surface area contributed by atoms with Crippen LogP contribution in [-0.4, -0.2) is 56.0 Å². The van der Waals surface area contributed by atoms with Crippen molar-refractivity contribution in [3.8, 4) is 5.75 Å². The number of fused-ring (bicyclic) bond motifs is 1. The number of carbonyl (C=O) groups is 2. The number of ether oxygens (including phenoxy) is 2. The van der Waals surface area contributed by atoms with Gasteiger partial charge in [-0.15, -0.1) is 11.3 Å². The SMILES string of the molecule is NC=C(C=NCOc1cccc(C(F)(F)F)c1)NC(=O)c1c(NC(=O)c2cccc(CN3CCOCC3)c2)sc2c1CCCC2. The molecule has 1 aliphatic heterocycles. The molecule has 45 heavy (non-hydrogen) atoms. The zero-order chi connectivity index (χ0) is 31.8. The normalized spacial score (nSPS) is 15.9. The standard InChI is InChI=1S/C32H34F3N5O4S/c33-32(34,35)23-7-4-8-25(16-23)44-20-37-18-24(17-36)38-30(42)28-26-9-1-2-10-27(26)45-31(28)39-29(41)22-6-3-5-21(15-22)19-40-11-13-43-14-12-40/h3-8,15-18H,1-2,9-14,19-20,36H2,(H,38,42)(H,39,41). The molecule has 238 valence electrons. The third-order valence-corrected chi connectivity index (χ3v) is 8.67. The van der Waals surface area contributed by atoms with Gasteiger partial charge < -0.3 is 25.8 Å². The van der Waals surface area contributed by atoms with Gasteiger partial charge in [-0.3, -0.25) is 19.5 Å². The van der Waals surface area contributed by atoms with Gasteiger partial charge in [-0.1, -0.05) is 18.2 Å². The summed E-state index contributed by atoms with van der Waals surface area (Å²) in [7, 11) is 0. The predicted octanol–water partition coefficient (Wildman–Crippen LogP) is 5.37. The second kappa shape index (κ2) is 14.7. The summed E-state index contributed by atoms with van der Waals surface area (Å²) in [6.45, 7) is 3.47. The fraction of sp³-hybridized carbons (Fsp3) is 0.344. The van der Waals surface area contributed by atoms with Gasteiger partial charge >= 0.3 is 6.18 Å². The molecule has 4 N–H and O–H groups in total. The number of amides is 2. The van der Waals surface area contributed by atoms with Crippen LogP contribution in [0.1, 0.15) is 55.1 Å². The van der Waals surface area contributed by atoms with Crippen molar-refractivity contribution in [2.75, 3.05) is 38.4 Å². The lowest BCUT2D eigenvalue weighted by Gasteiger charge is -2.26. The van der Waals surface area contributed by atoms with Crippen LogP contribution in [0.5, 0.6) is 5.75 Å². The number of alkyl halides is 3. The van der Waals surface area contributed by atoms with Crippen molar-refractivity contribution in [1.29, 1.82) is 0 Å². The summed E-state index contributed by atoms with van der Waals surface area (Å²) in [5.41, 5.74) is 7.87. The Labute approximate surface area is 262 Å². The van der Waals surface area contributed by atoms with E-state index in [0.717, 1.165) is 66.7 Å². The number of aliphatic imine (C=N–C) groups is 1. The van der Waals surface area contributed by atoms with Crippen molar-refractivity contribution in [3.05, 3.63) is 93.1 Å². The van der Waals surface area contributed by atoms with Crippen LogP contribution in [0.15, 0.2) is 65.4 Å². The van der Waals surface area contributed by atoms with Crippen molar-refractivity contribution >= 4 is 34.4 Å². The second-order valence-corrected chi connectivity index (χ2v) is 11.8. The molecule has 3 aromatic rings. The van der Waals surface area contributed by atoms with Crippen molar-refractivity contribution < 1.29 is 32.2 Å². The lowest BCUT2D eigenvalue weighted by Crippen LogP contribution is -2.35. The average molecular weight is 642 g/mol. The molecule has 2 heterocycles. The lowest BCUT2D eigenvalue weighted by molar-refractivity contribution is -0.137. The minimum absolute atomic E-state index is 0.00112. The van der Waals surface area contributed by atoms with Gasteiger partial charge in [0.25, 0.3) is 11.8 Å². The summed E-state index contributed by atoms with van der Waals surface area (Å²) in [6.07, 6.45) is 1.38. The zero-order valence-electron chi connectivity index (χ0n) is 24.5. The summed E-state index contributed by atoms with van der Waals surface area (Å²) in [5.74, 6) is -0.761. The summed E-state index contributed by atoms with van der Waals surface area (Å²) < 4.78 is 49.6. The van der Waals surface area contributed by atoms with Crippen LogP contribution in [0.2, 0.25) is 0 Å². The Morgan fingerprint density at radius 3 is 2.62 bits per heavy atom. The first-order valence-corrected chi connectivity index (χ1v) is 15.4. The third-order valence-electron chi connectivity index (χ3n) is 7.46. The number of nitrogens with one attached hydrogen (secondary N) is 2. The van der Waals surface area contributed by atoms with Crippen LogP contribution >= 0.6 is 11.3 Å². The molecule has 1 saturated heterocycles. The minimum Gasteiger partial charge on any atom is -0.471 e. The fourth-order valence-electron chi connectivity index (χ4n) is 5.22. The monoisotopic (exact) mass is 641 g/mol. The lowest BCUT2D eigenvalue weighted by atomic mass is 9.95. The molecule has 2 amide bonds. The zero-order valence-corrected chi connectivity index (χ0v) is 25.3. The Bertz CT molecular complexity index is 1580. The first-order valence-electron chi connectivity index (χ1n) is 14.6. The largest absolute Gasteiger partial charge is 0.471 e. The van der Waals surface area contributed by atoms with E-state index in [1.54, 1.807) is 6.07 Å². The summed E-state index contributed by atoms with van der Waals surface area (Å²) in [5, 5.41) is 6.17. The number of anilines is 1. The van der Waals surface area contributed by atoms with Crippen LogP contribution in [0.25, 0.3) is 0 Å². The quantitative estimate of drug-likeness (QED) is 0.257. The van der Waals surface area contributed by atoms with Gasteiger partial charge in [0.1, 0.15) is 10.8 Å². The van der Waals surface area contributed by atoms with E-state index in [2.05, 4.69) is 20.5 Å². The van der Waals surface area contributed by atoms with Crippen molar-refractivity contribution in [2.45, 2.75) is 38.4 Å². The van der Waals surface area contributed by atoms with Crippen LogP contribution in [0, 0.1) is 0 Å². The van der Waals surface area contributed by atoms with Crippen LogP contribution < -0.4 is 21.1 Å². The molecule has 1 aliphatic carbocycles. The molecule has 5 rings (SSSR count). The molecular weight excluding hydrogens is 607 g/mol. The first-order chi connectivity index (χ1) is 21.7. The van der Waals surface area contributed by atoms with Crippen molar-refractivity contribution in [1.82, 2.24) is 10.2 Å². The molecular formula is C32H34F3N5O4S. The number of rotatable bonds is 10. The number of nitrogens with zero attached hydrogens (tertiary/aromatic N) is 2. The van der Waals surface area contributed by atoms with Gasteiger partial charge in [0.2, 0.25) is 0 Å². The summed E-state index contributed by atoms with van der Waals surface area (Å²) in [4.78, 5) is 34.4. The number of carbonyl (C=O) groups excluding carboxylic acids is 2. The second-order valence-electron chi connectivity index (χ2n) is 10.6. The van der Waals surface area contributed by atoms with E-state index >= 15 is 0 Å². The topological polar surface area (TPSA) is 118 Å². The van der Waals surface area contributed by atoms with Crippen LogP contribution in [-0.2, 0) is 30.3 Å². The molecule has 0 saturated carbocycles. The summed E-state index contributed by atoms with van der Waals surface area (Å²) >= 11 is 1.40. The number of aryl methyl sites for hydroxylation is 1. The molecule has 2 aliphatic rings. The Morgan fingerprint density at radius 1 is 1.07 bits per heavy atom. The molecule has 2 aromatic carbocycles. The Balaban J connectivity index is 1.26. The highest BCUT2D eigenvalue weighted by molar-refractivity contribution is 7.17. The minimum atomic E-state index is -4.49. The molecule has 0 atom stereocenters. The van der Waals surface area contributed by atoms with E-state index in [0.29, 0.717) is 42.3 Å². The highest BCUT2D eigenvalue weighted by Crippen LogP contribution is 2.38. The molecule has 13 heteroatoms. The van der Waals surface area contributed by atoms with Gasteiger partial charge in [0.05, 0.1) is 36.3 Å². The number of hydrogen-bond acceptors (Lipinski definition) is 8. The Hall–Kier alpha value is -4.20. The number of nitrogens with two attached hydrogens (primary N) is 1. The highest BCUT2D eigenvalue weighted by Gasteiger charge is 2.30. The van der Waals surface area contributed by atoms with E-state index in [1.807, 2.05) is 18.2 Å². The number of hydrogen-bond donors (Lipinski definition) is 3. The number of morpholine rings is 1. The number of halogens is 3. The van der Waals surface area contributed by atoms with Crippen molar-refractivity contribution in [3.63, 3.8) is 0 Å². The third kappa shape index (κ3) is 8.50. The molecule has 0 bridgehead atoms. The van der Waals surface area contributed by atoms with E-state index in [1.165, 1.54) is 29.7 Å². The first kappa shape index (κ1) is 32.2. The van der Waals surface area contributed by atoms with Crippen LogP contribution in [0.3, 0.4) is 0 Å². The Kier molecular flexibility index (Phi) is 10.5.